The van der Waals surface area contributed by atoms with Gasteiger partial charge in [0.05, 0.1) is 5.56 Å². The summed E-state index contributed by atoms with van der Waals surface area (Å²) >= 11 is 0. The van der Waals surface area contributed by atoms with E-state index < -0.39 is 17.9 Å². The number of halogens is 2. The van der Waals surface area contributed by atoms with Crippen LogP contribution in [0, 0.1) is 11.6 Å². The number of hydrogen-bond acceptors (Lipinski definition) is 3. The Morgan fingerprint density at radius 2 is 1.67 bits per heavy atom. The molecule has 82 valence electrons. The molecule has 0 heterocycles. The minimum Gasteiger partial charge on any atom is -0.351 e. The lowest BCUT2D eigenvalue weighted by Crippen LogP contribution is -2.09. The molecule has 0 aromatic heterocycles. The van der Waals surface area contributed by atoms with Gasteiger partial charge in [0.1, 0.15) is 17.9 Å². The summed E-state index contributed by atoms with van der Waals surface area (Å²) < 4.78 is 36.2. The van der Waals surface area contributed by atoms with Crippen LogP contribution in [0.15, 0.2) is 12.1 Å². The maximum atomic E-state index is 13.4. The molecule has 0 bridgehead atoms. The molecule has 0 unspecified atom stereocenters. The molecule has 0 aliphatic rings. The Morgan fingerprint density at radius 3 is 2.00 bits per heavy atom. The predicted molar refractivity (Wildman–Crippen MR) is 48.5 cm³/mol. The van der Waals surface area contributed by atoms with E-state index in [1.165, 1.54) is 14.2 Å². The molecule has 3 nitrogen and oxygen atoms in total. The van der Waals surface area contributed by atoms with Gasteiger partial charge in [0, 0.05) is 19.8 Å². The molecule has 0 N–H and O–H groups in total. The first kappa shape index (κ1) is 11.7. The lowest BCUT2D eigenvalue weighted by Gasteiger charge is -2.15. The van der Waals surface area contributed by atoms with Crippen molar-refractivity contribution in [3.05, 3.63) is 34.9 Å². The summed E-state index contributed by atoms with van der Waals surface area (Å²) in [5.74, 6) is -1.74. The van der Waals surface area contributed by atoms with Crippen LogP contribution in [0.1, 0.15) is 22.2 Å². The van der Waals surface area contributed by atoms with Gasteiger partial charge in [-0.15, -0.1) is 0 Å². The molecule has 0 fully saturated rings. The first-order chi connectivity index (χ1) is 7.13. The predicted octanol–water partition coefficient (Wildman–Crippen LogP) is 2.07. The number of ether oxygens (including phenoxy) is 2. The van der Waals surface area contributed by atoms with Gasteiger partial charge in [0.15, 0.2) is 6.29 Å². The van der Waals surface area contributed by atoms with E-state index in [1.54, 1.807) is 0 Å². The Kier molecular flexibility index (Phi) is 3.88. The van der Waals surface area contributed by atoms with Crippen LogP contribution < -0.4 is 0 Å². The van der Waals surface area contributed by atoms with Crippen molar-refractivity contribution in [2.24, 2.45) is 0 Å². The van der Waals surface area contributed by atoms with Crippen LogP contribution in [0.5, 0.6) is 0 Å². The summed E-state index contributed by atoms with van der Waals surface area (Å²) in [7, 11) is 2.53. The van der Waals surface area contributed by atoms with Crippen LogP contribution in [-0.2, 0) is 9.47 Å². The maximum Gasteiger partial charge on any atom is 0.188 e. The van der Waals surface area contributed by atoms with Crippen LogP contribution in [-0.4, -0.2) is 20.5 Å². The standard InChI is InChI=1S/C10H10F2O3/c1-14-10(15-2)9-7(11)3-6(5-13)4-8(9)12/h3-5,10H,1-2H3. The van der Waals surface area contributed by atoms with E-state index in [1.807, 2.05) is 0 Å². The topological polar surface area (TPSA) is 35.5 Å². The minimum atomic E-state index is -1.12. The maximum absolute atomic E-state index is 13.4. The first-order valence-corrected chi connectivity index (χ1v) is 4.13. The Labute approximate surface area is 85.6 Å². The average Bonchev–Trinajstić information content (AvgIpc) is 2.23. The molecular formula is C10H10F2O3. The number of hydrogen-bond donors (Lipinski definition) is 0. The van der Waals surface area contributed by atoms with Crippen LogP contribution in [0.25, 0.3) is 0 Å². The van der Waals surface area contributed by atoms with Crippen LogP contribution >= 0.6 is 0 Å². The van der Waals surface area contributed by atoms with Gasteiger partial charge in [0.25, 0.3) is 0 Å². The normalized spacial score (nSPS) is 10.7. The minimum absolute atomic E-state index is 0.0697. The van der Waals surface area contributed by atoms with E-state index in [0.717, 1.165) is 12.1 Å². The SMILES string of the molecule is COC(OC)c1c(F)cc(C=O)cc1F. The van der Waals surface area contributed by atoms with Gasteiger partial charge < -0.3 is 9.47 Å². The molecule has 0 aliphatic carbocycles. The zero-order valence-corrected chi connectivity index (χ0v) is 8.29. The monoisotopic (exact) mass is 216 g/mol. The molecule has 1 aromatic rings. The zero-order chi connectivity index (χ0) is 11.4. The highest BCUT2D eigenvalue weighted by Crippen LogP contribution is 2.24. The highest BCUT2D eigenvalue weighted by molar-refractivity contribution is 5.74. The zero-order valence-electron chi connectivity index (χ0n) is 8.29. The van der Waals surface area contributed by atoms with Crippen molar-refractivity contribution >= 4 is 6.29 Å². The third kappa shape index (κ3) is 2.37. The fourth-order valence-electron chi connectivity index (χ4n) is 1.23. The second kappa shape index (κ2) is 4.95. The number of benzene rings is 1. The molecule has 0 saturated carbocycles. The van der Waals surface area contributed by atoms with Crippen molar-refractivity contribution < 1.29 is 23.0 Å². The molecule has 1 aromatic carbocycles. The van der Waals surface area contributed by atoms with Gasteiger partial charge in [-0.05, 0) is 12.1 Å². The molecule has 1 rings (SSSR count). The fraction of sp³-hybridized carbons (Fsp3) is 0.300. The summed E-state index contributed by atoms with van der Waals surface area (Å²) in [6, 6.07) is 1.85. The summed E-state index contributed by atoms with van der Waals surface area (Å²) in [5, 5.41) is 0. The third-order valence-corrected chi connectivity index (χ3v) is 1.90. The second-order valence-corrected chi connectivity index (χ2v) is 2.82. The van der Waals surface area contributed by atoms with Gasteiger partial charge in [-0.25, -0.2) is 8.78 Å². The third-order valence-electron chi connectivity index (χ3n) is 1.90. The number of carbonyl (C=O) groups excluding carboxylic acids is 1. The molecule has 5 heteroatoms. The molecule has 0 atom stereocenters. The Hall–Kier alpha value is -1.33. The van der Waals surface area contributed by atoms with E-state index in [9.17, 15) is 13.6 Å². The molecule has 15 heavy (non-hydrogen) atoms. The van der Waals surface area contributed by atoms with Crippen molar-refractivity contribution in [1.82, 2.24) is 0 Å². The Morgan fingerprint density at radius 1 is 1.20 bits per heavy atom. The highest BCUT2D eigenvalue weighted by atomic mass is 19.1. The lowest BCUT2D eigenvalue weighted by molar-refractivity contribution is -0.109. The van der Waals surface area contributed by atoms with E-state index in [-0.39, 0.29) is 11.1 Å². The molecule has 0 aliphatic heterocycles. The average molecular weight is 216 g/mol. The van der Waals surface area contributed by atoms with Crippen LogP contribution in [0.2, 0.25) is 0 Å². The van der Waals surface area contributed by atoms with E-state index in [0.29, 0.717) is 6.29 Å². The summed E-state index contributed by atoms with van der Waals surface area (Å²) in [6.07, 6.45) is -0.754. The van der Waals surface area contributed by atoms with E-state index in [2.05, 4.69) is 0 Å². The lowest BCUT2D eigenvalue weighted by atomic mass is 10.1. The van der Waals surface area contributed by atoms with Crippen molar-refractivity contribution in [3.63, 3.8) is 0 Å². The van der Waals surface area contributed by atoms with Gasteiger partial charge in [-0.1, -0.05) is 0 Å². The summed E-state index contributed by atoms with van der Waals surface area (Å²) in [6.45, 7) is 0. The Balaban J connectivity index is 3.23. The van der Waals surface area contributed by atoms with Gasteiger partial charge in [-0.2, -0.15) is 0 Å². The number of carbonyl (C=O) groups is 1. The number of rotatable bonds is 4. The van der Waals surface area contributed by atoms with Crippen molar-refractivity contribution in [1.29, 1.82) is 0 Å². The van der Waals surface area contributed by atoms with Crippen molar-refractivity contribution in [2.45, 2.75) is 6.29 Å². The van der Waals surface area contributed by atoms with E-state index in [4.69, 9.17) is 9.47 Å². The van der Waals surface area contributed by atoms with Gasteiger partial charge in [0.2, 0.25) is 0 Å². The quantitative estimate of drug-likeness (QED) is 0.571. The van der Waals surface area contributed by atoms with Crippen molar-refractivity contribution in [2.75, 3.05) is 14.2 Å². The number of methoxy groups -OCH3 is 2. The first-order valence-electron chi connectivity index (χ1n) is 4.13. The molecule has 0 spiro atoms. The summed E-state index contributed by atoms with van der Waals surface area (Å²) in [5.41, 5.74) is -0.412. The Bertz CT molecular complexity index is 339. The van der Waals surface area contributed by atoms with Gasteiger partial charge in [-0.3, -0.25) is 4.79 Å². The smallest absolute Gasteiger partial charge is 0.188 e. The fourth-order valence-corrected chi connectivity index (χ4v) is 1.23. The largest absolute Gasteiger partial charge is 0.351 e. The highest BCUT2D eigenvalue weighted by Gasteiger charge is 2.20. The molecule has 0 saturated heterocycles. The molecule has 0 radical (unpaired) electrons. The second-order valence-electron chi connectivity index (χ2n) is 2.82. The van der Waals surface area contributed by atoms with Crippen molar-refractivity contribution in [3.8, 4) is 0 Å². The van der Waals surface area contributed by atoms with Gasteiger partial charge >= 0.3 is 0 Å². The number of aldehydes is 1. The van der Waals surface area contributed by atoms with Crippen LogP contribution in [0.4, 0.5) is 8.78 Å². The molecule has 0 amide bonds. The summed E-state index contributed by atoms with van der Waals surface area (Å²) in [4.78, 5) is 10.3. The van der Waals surface area contributed by atoms with E-state index >= 15 is 0 Å². The molecular weight excluding hydrogens is 206 g/mol. The van der Waals surface area contributed by atoms with Crippen LogP contribution in [0.3, 0.4) is 0 Å².